The molecule has 1 aliphatic heterocycles. The number of ether oxygens (including phenoxy) is 1. The van der Waals surface area contributed by atoms with Crippen LogP contribution in [0, 0.1) is 0 Å². The molecule has 2 amide bonds. The second kappa shape index (κ2) is 7.36. The van der Waals surface area contributed by atoms with E-state index in [0.29, 0.717) is 16.6 Å². The average Bonchev–Trinajstić information content (AvgIpc) is 3.10. The molecule has 1 atom stereocenters. The number of nitrogens with two attached hydrogens (primary N) is 1. The molecule has 1 aliphatic rings. The average molecular weight is 397 g/mol. The molecule has 2 aromatic carbocycles. The van der Waals surface area contributed by atoms with Gasteiger partial charge in [0.2, 0.25) is 5.91 Å². The number of amides is 2. The van der Waals surface area contributed by atoms with Gasteiger partial charge in [-0.2, -0.15) is 0 Å². The Morgan fingerprint density at radius 1 is 1.29 bits per heavy atom. The number of benzene rings is 2. The van der Waals surface area contributed by atoms with E-state index in [9.17, 15) is 9.59 Å². The number of carbonyl (C=O) groups excluding carboxylic acids is 2. The third-order valence-electron chi connectivity index (χ3n) is 4.53. The van der Waals surface area contributed by atoms with Gasteiger partial charge in [0.15, 0.2) is 6.61 Å². The zero-order chi connectivity index (χ0) is 19.7. The maximum Gasteiger partial charge on any atom is 0.255 e. The number of para-hydroxylation sites is 1. The number of rotatable bonds is 5. The molecule has 0 spiro atoms. The van der Waals surface area contributed by atoms with Crippen molar-refractivity contribution in [2.45, 2.75) is 12.3 Å². The molecule has 3 aromatic rings. The van der Waals surface area contributed by atoms with Gasteiger partial charge in [-0.3, -0.25) is 14.2 Å². The van der Waals surface area contributed by atoms with E-state index in [-0.39, 0.29) is 24.9 Å². The van der Waals surface area contributed by atoms with Crippen LogP contribution < -0.4 is 15.8 Å². The Balaban J connectivity index is 1.73. The molecule has 1 aromatic heterocycles. The molecule has 0 unspecified atom stereocenters. The SMILES string of the molecule is NC(=O)COc1cccc([C@@H]2CC(=O)Nc3c2ncn3-c2ccccc2Cl)c1. The number of hydrogen-bond donors (Lipinski definition) is 2. The summed E-state index contributed by atoms with van der Waals surface area (Å²) in [6.07, 6.45) is 1.91. The van der Waals surface area contributed by atoms with E-state index in [1.54, 1.807) is 29.1 Å². The smallest absolute Gasteiger partial charge is 0.255 e. The standard InChI is InChI=1S/C20H17ClN4O3/c21-15-6-1-2-7-16(15)25-11-23-19-14(9-18(27)24-20(19)25)12-4-3-5-13(8-12)28-10-17(22)26/h1-8,11,14H,9-10H2,(H2,22,26)(H,24,27)/t14-/m0/s1. The van der Waals surface area contributed by atoms with Crippen molar-refractivity contribution in [3.05, 3.63) is 71.1 Å². The minimum absolute atomic E-state index is 0.116. The number of aromatic nitrogens is 2. The van der Waals surface area contributed by atoms with Gasteiger partial charge >= 0.3 is 0 Å². The van der Waals surface area contributed by atoms with Crippen LogP contribution in [0.2, 0.25) is 5.02 Å². The van der Waals surface area contributed by atoms with Crippen LogP contribution in [0.4, 0.5) is 5.82 Å². The summed E-state index contributed by atoms with van der Waals surface area (Å²) in [4.78, 5) is 27.9. The van der Waals surface area contributed by atoms with E-state index in [1.165, 1.54) is 0 Å². The van der Waals surface area contributed by atoms with Crippen molar-refractivity contribution in [3.8, 4) is 11.4 Å². The molecule has 8 heteroatoms. The Bertz CT molecular complexity index is 1060. The van der Waals surface area contributed by atoms with E-state index >= 15 is 0 Å². The first kappa shape index (κ1) is 18.1. The fraction of sp³-hybridized carbons (Fsp3) is 0.150. The number of halogens is 1. The number of anilines is 1. The first-order chi connectivity index (χ1) is 13.5. The summed E-state index contributed by atoms with van der Waals surface area (Å²) in [7, 11) is 0. The Kier molecular flexibility index (Phi) is 4.75. The molecule has 0 fully saturated rings. The van der Waals surface area contributed by atoms with Gasteiger partial charge in [-0.05, 0) is 29.8 Å². The van der Waals surface area contributed by atoms with E-state index in [0.717, 1.165) is 16.9 Å². The number of nitrogens with one attached hydrogen (secondary N) is 1. The molecular weight excluding hydrogens is 380 g/mol. The van der Waals surface area contributed by atoms with Crippen molar-refractivity contribution < 1.29 is 14.3 Å². The molecule has 142 valence electrons. The number of primary amides is 1. The van der Waals surface area contributed by atoms with E-state index in [1.807, 2.05) is 30.3 Å². The zero-order valence-corrected chi connectivity index (χ0v) is 15.5. The van der Waals surface area contributed by atoms with Crippen molar-refractivity contribution in [1.82, 2.24) is 9.55 Å². The van der Waals surface area contributed by atoms with Crippen molar-refractivity contribution >= 4 is 29.2 Å². The molecule has 3 N–H and O–H groups in total. The number of fused-ring (bicyclic) bond motifs is 1. The van der Waals surface area contributed by atoms with Gasteiger partial charge in [-0.15, -0.1) is 0 Å². The van der Waals surface area contributed by atoms with Crippen LogP contribution in [0.1, 0.15) is 23.6 Å². The van der Waals surface area contributed by atoms with E-state index < -0.39 is 5.91 Å². The second-order valence-corrected chi connectivity index (χ2v) is 6.84. The minimum Gasteiger partial charge on any atom is -0.484 e. The summed E-state index contributed by atoms with van der Waals surface area (Å²) in [5.74, 6) is 0.190. The van der Waals surface area contributed by atoms with Crippen LogP contribution in [-0.2, 0) is 9.59 Å². The summed E-state index contributed by atoms with van der Waals surface area (Å²) in [6, 6.07) is 14.6. The fourth-order valence-corrected chi connectivity index (χ4v) is 3.51. The number of carbonyl (C=O) groups is 2. The van der Waals surface area contributed by atoms with Gasteiger partial charge in [0.25, 0.3) is 5.91 Å². The molecule has 28 heavy (non-hydrogen) atoms. The first-order valence-electron chi connectivity index (χ1n) is 8.66. The highest BCUT2D eigenvalue weighted by Gasteiger charge is 2.31. The predicted molar refractivity (Wildman–Crippen MR) is 105 cm³/mol. The maximum atomic E-state index is 12.4. The molecule has 0 aliphatic carbocycles. The van der Waals surface area contributed by atoms with Crippen molar-refractivity contribution in [2.24, 2.45) is 5.73 Å². The molecular formula is C20H17ClN4O3. The van der Waals surface area contributed by atoms with Gasteiger partial charge in [0, 0.05) is 12.3 Å². The second-order valence-electron chi connectivity index (χ2n) is 6.43. The summed E-state index contributed by atoms with van der Waals surface area (Å²) >= 11 is 6.31. The highest BCUT2D eigenvalue weighted by Crippen LogP contribution is 2.39. The lowest BCUT2D eigenvalue weighted by atomic mass is 9.89. The molecule has 2 heterocycles. The number of hydrogen-bond acceptors (Lipinski definition) is 4. The largest absolute Gasteiger partial charge is 0.484 e. The summed E-state index contributed by atoms with van der Waals surface area (Å²) in [5, 5.41) is 3.46. The van der Waals surface area contributed by atoms with Gasteiger partial charge < -0.3 is 15.8 Å². The summed E-state index contributed by atoms with van der Waals surface area (Å²) in [6.45, 7) is -0.207. The summed E-state index contributed by atoms with van der Waals surface area (Å²) in [5.41, 5.74) is 7.47. The van der Waals surface area contributed by atoms with Gasteiger partial charge in [0.1, 0.15) is 17.9 Å². The Hall–Kier alpha value is -3.32. The normalized spacial score (nSPS) is 15.6. The summed E-state index contributed by atoms with van der Waals surface area (Å²) < 4.78 is 7.16. The third-order valence-corrected chi connectivity index (χ3v) is 4.85. The Morgan fingerprint density at radius 3 is 2.89 bits per heavy atom. The first-order valence-corrected chi connectivity index (χ1v) is 9.04. The Labute approximate surface area is 166 Å². The molecule has 7 nitrogen and oxygen atoms in total. The van der Waals surface area contributed by atoms with Crippen molar-refractivity contribution in [3.63, 3.8) is 0 Å². The third kappa shape index (κ3) is 3.44. The van der Waals surface area contributed by atoms with Crippen LogP contribution in [-0.4, -0.2) is 28.0 Å². The monoisotopic (exact) mass is 396 g/mol. The number of nitrogens with zero attached hydrogens (tertiary/aromatic N) is 2. The minimum atomic E-state index is -0.553. The lowest BCUT2D eigenvalue weighted by Gasteiger charge is -2.24. The molecule has 0 saturated heterocycles. The van der Waals surface area contributed by atoms with Gasteiger partial charge in [-0.25, -0.2) is 4.98 Å². The van der Waals surface area contributed by atoms with Crippen LogP contribution in [0.3, 0.4) is 0 Å². The molecule has 0 saturated carbocycles. The van der Waals surface area contributed by atoms with E-state index in [2.05, 4.69) is 10.3 Å². The lowest BCUT2D eigenvalue weighted by molar-refractivity contribution is -0.120. The van der Waals surface area contributed by atoms with Crippen LogP contribution in [0.5, 0.6) is 5.75 Å². The zero-order valence-electron chi connectivity index (χ0n) is 14.8. The van der Waals surface area contributed by atoms with Crippen LogP contribution >= 0.6 is 11.6 Å². The highest BCUT2D eigenvalue weighted by atomic mass is 35.5. The van der Waals surface area contributed by atoms with Crippen molar-refractivity contribution in [2.75, 3.05) is 11.9 Å². The lowest BCUT2D eigenvalue weighted by Crippen LogP contribution is -2.25. The molecule has 4 rings (SSSR count). The molecule has 0 radical (unpaired) electrons. The Morgan fingerprint density at radius 2 is 2.11 bits per heavy atom. The van der Waals surface area contributed by atoms with Gasteiger partial charge in [-0.1, -0.05) is 35.9 Å². The maximum absolute atomic E-state index is 12.4. The topological polar surface area (TPSA) is 99.2 Å². The van der Waals surface area contributed by atoms with Crippen LogP contribution in [0.15, 0.2) is 54.9 Å². The van der Waals surface area contributed by atoms with Gasteiger partial charge in [0.05, 0.1) is 16.4 Å². The molecule has 0 bridgehead atoms. The highest BCUT2D eigenvalue weighted by molar-refractivity contribution is 6.32. The predicted octanol–water partition coefficient (Wildman–Crippen LogP) is 2.86. The van der Waals surface area contributed by atoms with Crippen LogP contribution in [0.25, 0.3) is 5.69 Å². The van der Waals surface area contributed by atoms with E-state index in [4.69, 9.17) is 22.1 Å². The number of imidazole rings is 1. The fourth-order valence-electron chi connectivity index (χ4n) is 3.29. The quantitative estimate of drug-likeness (QED) is 0.692. The van der Waals surface area contributed by atoms with Crippen molar-refractivity contribution in [1.29, 1.82) is 0 Å².